The number of hydrogen-bond donors (Lipinski definition) is 1. The molecule has 7 heavy (non-hydrogen) atoms. The van der Waals surface area contributed by atoms with Crippen molar-refractivity contribution in [3.05, 3.63) is 11.1 Å². The Labute approximate surface area is 48.9 Å². The van der Waals surface area contributed by atoms with Gasteiger partial charge in [0.15, 0.2) is 0 Å². The molecule has 0 aromatic heterocycles. The Hall–Kier alpha value is -0.300. The number of hydrogen-bond acceptors (Lipinski definition) is 1. The molecule has 0 aliphatic rings. The van der Waals surface area contributed by atoms with Crippen LogP contribution in [0.3, 0.4) is 0 Å². The van der Waals surface area contributed by atoms with Crippen LogP contribution in [0.15, 0.2) is 11.1 Å². The summed E-state index contributed by atoms with van der Waals surface area (Å²) in [4.78, 5) is 0. The normalized spacial score (nSPS) is 21.9. The van der Waals surface area contributed by atoms with E-state index < -0.39 is 6.85 Å². The quantitative estimate of drug-likeness (QED) is 0.496. The summed E-state index contributed by atoms with van der Waals surface area (Å²) in [6.07, 6.45) is 0. The van der Waals surface area contributed by atoms with Crippen LogP contribution in [0.25, 0.3) is 0 Å². The van der Waals surface area contributed by atoms with E-state index in [9.17, 15) is 0 Å². The highest BCUT2D eigenvalue weighted by Crippen LogP contribution is 1.97. The topological polar surface area (TPSA) is 20.2 Å². The van der Waals surface area contributed by atoms with Crippen LogP contribution in [-0.2, 0) is 0 Å². The van der Waals surface area contributed by atoms with Gasteiger partial charge in [0.05, 0.1) is 6.61 Å². The molecule has 1 N–H and O–H groups in total. The lowest BCUT2D eigenvalue weighted by Crippen LogP contribution is -1.85. The fourth-order valence-corrected chi connectivity index (χ4v) is 0.119. The molecular weight excluding hydrogens is 88.1 g/mol. The number of rotatable bonds is 1. The summed E-state index contributed by atoms with van der Waals surface area (Å²) >= 11 is 0. The summed E-state index contributed by atoms with van der Waals surface area (Å²) in [6.45, 7) is 0.900. The Morgan fingerprint density at radius 1 is 1.71 bits per heavy atom. The molecule has 1 heteroatoms. The smallest absolute Gasteiger partial charge is 0.0641 e. The Bertz CT molecular complexity index is 146. The first-order chi connectivity index (χ1) is 4.39. The zero-order valence-corrected chi connectivity index (χ0v) is 4.65. The Morgan fingerprint density at radius 2 is 2.29 bits per heavy atom. The summed E-state index contributed by atoms with van der Waals surface area (Å²) in [7, 11) is 0. The molecular formula is C6H12O. The summed E-state index contributed by atoms with van der Waals surface area (Å²) in [5.41, 5.74) is 0.815. The van der Waals surface area contributed by atoms with Gasteiger partial charge in [-0.2, -0.15) is 0 Å². The van der Waals surface area contributed by atoms with Crippen molar-refractivity contribution < 1.29 is 9.22 Å². The second-order valence-electron chi connectivity index (χ2n) is 1.56. The second kappa shape index (κ2) is 2.80. The minimum absolute atomic E-state index is 0.176. The van der Waals surface area contributed by atoms with Gasteiger partial charge in [-0.3, -0.25) is 0 Å². The molecule has 0 atom stereocenters. The Morgan fingerprint density at radius 3 is 2.43 bits per heavy atom. The Kier molecular flexibility index (Phi) is 1.15. The third-order valence-corrected chi connectivity index (χ3v) is 0.877. The van der Waals surface area contributed by atoms with Gasteiger partial charge in [0, 0.05) is 4.11 Å². The molecule has 1 nitrogen and oxygen atoms in total. The molecule has 0 aromatic rings. The van der Waals surface area contributed by atoms with Crippen molar-refractivity contribution in [2.24, 2.45) is 0 Å². The van der Waals surface area contributed by atoms with Gasteiger partial charge in [0.2, 0.25) is 0 Å². The van der Waals surface area contributed by atoms with E-state index in [1.807, 2.05) is 0 Å². The van der Waals surface area contributed by atoms with Crippen molar-refractivity contribution in [2.45, 2.75) is 20.7 Å². The van der Waals surface area contributed by atoms with E-state index in [-0.39, 0.29) is 12.2 Å². The SMILES string of the molecule is [2H]C([2H])([2H])/C(C)=C(/C)CO. The summed E-state index contributed by atoms with van der Waals surface area (Å²) in [6, 6.07) is 0. The van der Waals surface area contributed by atoms with Crippen molar-refractivity contribution in [2.75, 3.05) is 6.61 Å². The first-order valence-corrected chi connectivity index (χ1v) is 2.17. The first-order valence-electron chi connectivity index (χ1n) is 3.67. The molecule has 0 saturated carbocycles. The predicted molar refractivity (Wildman–Crippen MR) is 31.1 cm³/mol. The first kappa shape index (κ1) is 2.88. The maximum Gasteiger partial charge on any atom is 0.0641 e. The predicted octanol–water partition coefficient (Wildman–Crippen LogP) is 1.33. The largest absolute Gasteiger partial charge is 0.392 e. The van der Waals surface area contributed by atoms with Gasteiger partial charge in [0.25, 0.3) is 0 Å². The van der Waals surface area contributed by atoms with E-state index in [1.165, 1.54) is 6.92 Å². The third-order valence-electron chi connectivity index (χ3n) is 0.877. The highest BCUT2D eigenvalue weighted by molar-refractivity contribution is 5.05. The minimum Gasteiger partial charge on any atom is -0.392 e. The van der Waals surface area contributed by atoms with Crippen LogP contribution in [0, 0.1) is 0 Å². The number of allylic oxidation sites excluding steroid dienone is 1. The fraction of sp³-hybridized carbons (Fsp3) is 0.667. The summed E-state index contributed by atoms with van der Waals surface area (Å²) < 4.78 is 20.8. The van der Waals surface area contributed by atoms with Crippen molar-refractivity contribution in [3.63, 3.8) is 0 Å². The van der Waals surface area contributed by atoms with Crippen LogP contribution < -0.4 is 0 Å². The second-order valence-corrected chi connectivity index (χ2v) is 1.56. The monoisotopic (exact) mass is 103 g/mol. The lowest BCUT2D eigenvalue weighted by atomic mass is 10.2. The van der Waals surface area contributed by atoms with Gasteiger partial charge in [-0.05, 0) is 26.3 Å². The molecule has 0 aliphatic heterocycles. The van der Waals surface area contributed by atoms with Crippen LogP contribution in [0.1, 0.15) is 24.8 Å². The van der Waals surface area contributed by atoms with Gasteiger partial charge in [-0.25, -0.2) is 0 Å². The summed E-state index contributed by atoms with van der Waals surface area (Å²) in [5, 5.41) is 8.56. The molecule has 0 aromatic carbocycles. The molecule has 0 spiro atoms. The van der Waals surface area contributed by atoms with Gasteiger partial charge in [0.1, 0.15) is 0 Å². The molecule has 42 valence electrons. The van der Waals surface area contributed by atoms with Crippen molar-refractivity contribution in [1.29, 1.82) is 0 Å². The highest BCUT2D eigenvalue weighted by atomic mass is 16.3. The minimum atomic E-state index is -2.05. The molecule has 0 rings (SSSR count). The van der Waals surface area contributed by atoms with Gasteiger partial charge in [-0.15, -0.1) is 0 Å². The molecule has 0 bridgehead atoms. The molecule has 0 aliphatic carbocycles. The fourth-order valence-electron chi connectivity index (χ4n) is 0.119. The lowest BCUT2D eigenvalue weighted by Gasteiger charge is -1.94. The van der Waals surface area contributed by atoms with Crippen LogP contribution in [0.5, 0.6) is 0 Å². The Balaban J connectivity index is 4.47. The maximum atomic E-state index is 8.56. The van der Waals surface area contributed by atoms with E-state index in [0.717, 1.165) is 0 Å². The number of aliphatic hydroxyl groups is 1. The van der Waals surface area contributed by atoms with E-state index in [0.29, 0.717) is 5.57 Å². The number of aliphatic hydroxyl groups excluding tert-OH is 1. The molecule has 0 heterocycles. The average Bonchev–Trinajstić information content (AvgIpc) is 1.83. The van der Waals surface area contributed by atoms with Crippen molar-refractivity contribution in [1.82, 2.24) is 0 Å². The maximum absolute atomic E-state index is 8.56. The van der Waals surface area contributed by atoms with Gasteiger partial charge < -0.3 is 5.11 Å². The third kappa shape index (κ3) is 2.40. The van der Waals surface area contributed by atoms with Crippen LogP contribution >= 0.6 is 0 Å². The lowest BCUT2D eigenvalue weighted by molar-refractivity contribution is 0.330. The summed E-state index contributed by atoms with van der Waals surface area (Å²) in [5.74, 6) is 0. The molecule has 0 fully saturated rings. The van der Waals surface area contributed by atoms with E-state index in [1.54, 1.807) is 6.92 Å². The van der Waals surface area contributed by atoms with Crippen LogP contribution in [-0.4, -0.2) is 11.7 Å². The molecule has 0 amide bonds. The zero-order chi connectivity index (χ0) is 8.36. The van der Waals surface area contributed by atoms with Gasteiger partial charge in [-0.1, -0.05) is 5.57 Å². The average molecular weight is 103 g/mol. The van der Waals surface area contributed by atoms with Crippen LogP contribution in [0.4, 0.5) is 0 Å². The molecule has 0 saturated heterocycles. The van der Waals surface area contributed by atoms with Gasteiger partial charge >= 0.3 is 0 Å². The van der Waals surface area contributed by atoms with E-state index in [4.69, 9.17) is 9.22 Å². The zero-order valence-electron chi connectivity index (χ0n) is 7.65. The van der Waals surface area contributed by atoms with Crippen molar-refractivity contribution in [3.8, 4) is 0 Å². The van der Waals surface area contributed by atoms with Crippen molar-refractivity contribution >= 4 is 0 Å². The molecule has 0 unspecified atom stereocenters. The van der Waals surface area contributed by atoms with Crippen LogP contribution in [0.2, 0.25) is 0 Å². The molecule has 0 radical (unpaired) electrons. The highest BCUT2D eigenvalue weighted by Gasteiger charge is 1.84. The standard InChI is InChI=1S/C6H12O/c1-5(2)6(3)4-7/h7H,4H2,1-3H3/i1D3/b6-5+. The van der Waals surface area contributed by atoms with E-state index >= 15 is 0 Å². The van der Waals surface area contributed by atoms with E-state index in [2.05, 4.69) is 0 Å².